The zero-order chi connectivity index (χ0) is 38.5. The molecule has 2 heterocycles. The molecular weight excluding hydrogens is 659 g/mol. The van der Waals surface area contributed by atoms with Gasteiger partial charge in [-0.2, -0.15) is 0 Å². The molecule has 0 bridgehead atoms. The van der Waals surface area contributed by atoms with Crippen molar-refractivity contribution < 1.29 is 4.74 Å². The number of anilines is 3. The van der Waals surface area contributed by atoms with E-state index in [4.69, 9.17) is 4.74 Å². The van der Waals surface area contributed by atoms with Crippen molar-refractivity contribution in [2.24, 2.45) is 0 Å². The monoisotopic (exact) mass is 713 g/mol. The summed E-state index contributed by atoms with van der Waals surface area (Å²) in [6.07, 6.45) is 1.84. The highest BCUT2D eigenvalue weighted by Crippen LogP contribution is 2.50. The van der Waals surface area contributed by atoms with Gasteiger partial charge in [0.25, 0.3) is 0 Å². The molecule has 1 aromatic heterocycles. The summed E-state index contributed by atoms with van der Waals surface area (Å²) >= 11 is 0. The minimum Gasteiger partial charge on any atom is -0.439 e. The summed E-state index contributed by atoms with van der Waals surface area (Å²) in [4.78, 5) is 9.48. The molecule has 0 saturated carbocycles. The lowest BCUT2D eigenvalue weighted by atomic mass is 9.64. The minimum atomic E-state index is -0.680. The fourth-order valence-electron chi connectivity index (χ4n) is 7.75. The average Bonchev–Trinajstić information content (AvgIpc) is 3.47. The highest BCUT2D eigenvalue weighted by molar-refractivity contribution is 5.84. The summed E-state index contributed by atoms with van der Waals surface area (Å²) in [5, 5.41) is 0. The topological polar surface area (TPSA) is 28.6 Å². The van der Waals surface area contributed by atoms with E-state index in [1.54, 1.807) is 0 Å². The quantitative estimate of drug-likeness (QED) is 0.154. The zero-order valence-corrected chi connectivity index (χ0v) is 33.7. The minimum absolute atomic E-state index is 0.0204. The number of aromatic nitrogens is 1. The maximum absolute atomic E-state index is 6.61. The van der Waals surface area contributed by atoms with Crippen LogP contribution in [0.3, 0.4) is 0 Å². The number of benzene rings is 5. The summed E-state index contributed by atoms with van der Waals surface area (Å²) in [7, 11) is 2.19. The van der Waals surface area contributed by atoms with E-state index in [1.165, 1.54) is 50.4 Å². The number of ether oxygens (including phenoxy) is 1. The third-order valence-corrected chi connectivity index (χ3v) is 10.9. The van der Waals surface area contributed by atoms with Crippen LogP contribution in [0.2, 0.25) is 0 Å². The van der Waals surface area contributed by atoms with Crippen LogP contribution in [-0.2, 0) is 21.7 Å². The van der Waals surface area contributed by atoms with Crippen molar-refractivity contribution >= 4 is 17.1 Å². The van der Waals surface area contributed by atoms with Gasteiger partial charge in [-0.1, -0.05) is 147 Å². The van der Waals surface area contributed by atoms with Gasteiger partial charge in [-0.25, -0.2) is 4.98 Å². The van der Waals surface area contributed by atoms with Crippen molar-refractivity contribution in [3.8, 4) is 11.6 Å². The molecule has 1 aliphatic rings. The second kappa shape index (κ2) is 13.8. The van der Waals surface area contributed by atoms with Crippen LogP contribution >= 0.6 is 0 Å². The molecule has 0 N–H and O–H groups in total. The van der Waals surface area contributed by atoms with Gasteiger partial charge in [-0.05, 0) is 97.7 Å². The van der Waals surface area contributed by atoms with E-state index in [1.807, 2.05) is 12.3 Å². The molecule has 276 valence electrons. The van der Waals surface area contributed by atoms with Gasteiger partial charge in [0.15, 0.2) is 0 Å². The molecule has 0 fully saturated rings. The molecule has 5 aromatic carbocycles. The van der Waals surface area contributed by atoms with Gasteiger partial charge in [0.1, 0.15) is 5.75 Å². The number of fused-ring (bicyclic) bond motifs is 1. The van der Waals surface area contributed by atoms with Crippen LogP contribution in [0.4, 0.5) is 17.1 Å². The van der Waals surface area contributed by atoms with Crippen molar-refractivity contribution in [2.45, 2.75) is 84.0 Å². The lowest BCUT2D eigenvalue weighted by molar-refractivity contribution is 0.457. The molecular formula is C50H55N3O. The third kappa shape index (κ3) is 7.02. The van der Waals surface area contributed by atoms with Gasteiger partial charge in [0, 0.05) is 25.0 Å². The first-order valence-corrected chi connectivity index (χ1v) is 19.2. The van der Waals surface area contributed by atoms with E-state index >= 15 is 0 Å². The number of pyridine rings is 1. The Morgan fingerprint density at radius 3 is 1.67 bits per heavy atom. The Bertz CT molecular complexity index is 2220. The Morgan fingerprint density at radius 1 is 0.481 bits per heavy atom. The molecule has 0 aliphatic carbocycles. The molecule has 0 saturated heterocycles. The molecule has 0 unspecified atom stereocenters. The normalized spacial score (nSPS) is 13.6. The van der Waals surface area contributed by atoms with Crippen LogP contribution in [0.25, 0.3) is 0 Å². The van der Waals surface area contributed by atoms with Crippen LogP contribution < -0.4 is 14.5 Å². The Kier molecular flexibility index (Phi) is 9.46. The predicted octanol–water partition coefficient (Wildman–Crippen LogP) is 12.7. The van der Waals surface area contributed by atoms with Crippen molar-refractivity contribution in [3.63, 3.8) is 0 Å². The summed E-state index contributed by atoms with van der Waals surface area (Å²) in [5.74, 6) is 1.34. The molecule has 0 atom stereocenters. The summed E-state index contributed by atoms with van der Waals surface area (Å²) < 4.78 is 6.61. The largest absolute Gasteiger partial charge is 0.439 e. The van der Waals surface area contributed by atoms with Gasteiger partial charge in [0.2, 0.25) is 5.88 Å². The molecule has 0 amide bonds. The van der Waals surface area contributed by atoms with E-state index in [0.29, 0.717) is 5.88 Å². The molecule has 4 nitrogen and oxygen atoms in total. The first-order valence-electron chi connectivity index (χ1n) is 19.2. The first-order chi connectivity index (χ1) is 25.5. The first kappa shape index (κ1) is 37.0. The van der Waals surface area contributed by atoms with Crippen molar-refractivity contribution in [2.75, 3.05) is 23.5 Å². The number of hydrogen-bond donors (Lipinski definition) is 0. The molecule has 0 radical (unpaired) electrons. The lowest BCUT2D eigenvalue weighted by Crippen LogP contribution is -2.32. The van der Waals surface area contributed by atoms with E-state index in [0.717, 1.165) is 18.0 Å². The summed E-state index contributed by atoms with van der Waals surface area (Å²) in [6, 6.07) is 48.9. The highest BCUT2D eigenvalue weighted by Gasteiger charge is 2.40. The average molecular weight is 714 g/mol. The standard InChI is InChI=1S/C50H55N3O/c1-47(2,3)37-24-25-44-45(32-37)53(34-52(44)10)42-29-40(49(7,8)9)28-41(30-42)50(35-18-13-11-14-19-35,36-20-15-12-16-21-36)39-22-17-23-43(31-39)54-46-33-38(26-27-51-46)48(4,5)6/h11-33H,34H2,1-10H3. The van der Waals surface area contributed by atoms with Crippen LogP contribution in [-0.4, -0.2) is 18.7 Å². The Labute approximate surface area is 323 Å². The van der Waals surface area contributed by atoms with Crippen LogP contribution in [0.5, 0.6) is 11.6 Å². The Hall–Kier alpha value is -5.35. The molecule has 0 spiro atoms. The van der Waals surface area contributed by atoms with Crippen LogP contribution in [0, 0.1) is 0 Å². The van der Waals surface area contributed by atoms with Gasteiger partial charge < -0.3 is 14.5 Å². The SMILES string of the molecule is CN1CN(c2cc(C(C)(C)C)cc(C(c3ccccc3)(c3ccccc3)c3cccc(Oc4cc(C(C)(C)C)ccn4)c3)c2)c2cc(C(C)(C)C)ccc21. The van der Waals surface area contributed by atoms with Crippen molar-refractivity contribution in [1.82, 2.24) is 4.98 Å². The lowest BCUT2D eigenvalue weighted by Gasteiger charge is -2.38. The maximum atomic E-state index is 6.61. The number of hydrogen-bond acceptors (Lipinski definition) is 4. The highest BCUT2D eigenvalue weighted by atomic mass is 16.5. The number of rotatable bonds is 7. The second-order valence-electron chi connectivity index (χ2n) is 18.0. The van der Waals surface area contributed by atoms with Gasteiger partial charge in [-0.15, -0.1) is 0 Å². The van der Waals surface area contributed by atoms with Gasteiger partial charge >= 0.3 is 0 Å². The van der Waals surface area contributed by atoms with Gasteiger partial charge in [-0.3, -0.25) is 0 Å². The van der Waals surface area contributed by atoms with Crippen LogP contribution in [0.1, 0.15) is 101 Å². The molecule has 7 rings (SSSR count). The maximum Gasteiger partial charge on any atom is 0.219 e. The van der Waals surface area contributed by atoms with E-state index in [-0.39, 0.29) is 16.2 Å². The van der Waals surface area contributed by atoms with Crippen molar-refractivity contribution in [3.05, 3.63) is 179 Å². The van der Waals surface area contributed by atoms with Gasteiger partial charge in [0.05, 0.1) is 23.5 Å². The van der Waals surface area contributed by atoms with E-state index < -0.39 is 5.41 Å². The zero-order valence-electron chi connectivity index (χ0n) is 33.7. The Morgan fingerprint density at radius 2 is 1.06 bits per heavy atom. The third-order valence-electron chi connectivity index (χ3n) is 10.9. The number of nitrogens with zero attached hydrogens (tertiary/aromatic N) is 3. The van der Waals surface area contributed by atoms with E-state index in [9.17, 15) is 0 Å². The molecule has 54 heavy (non-hydrogen) atoms. The fraction of sp³-hybridized carbons (Fsp3) is 0.300. The fourth-order valence-corrected chi connectivity index (χ4v) is 7.75. The molecule has 4 heteroatoms. The van der Waals surface area contributed by atoms with E-state index in [2.05, 4.69) is 212 Å². The molecule has 6 aromatic rings. The van der Waals surface area contributed by atoms with Crippen molar-refractivity contribution in [1.29, 1.82) is 0 Å². The Balaban J connectivity index is 1.49. The second-order valence-corrected chi connectivity index (χ2v) is 18.0. The summed E-state index contributed by atoms with van der Waals surface area (Å²) in [6.45, 7) is 21.2. The van der Waals surface area contributed by atoms with Crippen LogP contribution in [0.15, 0.2) is 140 Å². The summed E-state index contributed by atoms with van der Waals surface area (Å²) in [5.41, 5.74) is 11.4. The smallest absolute Gasteiger partial charge is 0.219 e. The predicted molar refractivity (Wildman–Crippen MR) is 227 cm³/mol. The molecule has 1 aliphatic heterocycles.